The first-order valence-corrected chi connectivity index (χ1v) is 24.1. The molecule has 9 rings (SSSR count). The van der Waals surface area contributed by atoms with Gasteiger partial charge in [-0.2, -0.15) is 0 Å². The van der Waals surface area contributed by atoms with Crippen LogP contribution in [0.5, 0.6) is 5.75 Å². The number of anilines is 1. The lowest BCUT2D eigenvalue weighted by molar-refractivity contribution is 0.0837. The summed E-state index contributed by atoms with van der Waals surface area (Å²) < 4.78 is 8.94. The minimum Gasteiger partial charge on any atom is -0.506 e. The molecule has 0 radical (unpaired) electrons. The Hall–Kier alpha value is -5.34. The maximum Gasteiger partial charge on any atom is 0.412 e. The lowest BCUT2D eigenvalue weighted by Crippen LogP contribution is -2.59. The highest BCUT2D eigenvalue weighted by atomic mass is 28.4. The molecule has 3 aliphatic heterocycles. The van der Waals surface area contributed by atoms with Crippen molar-refractivity contribution in [1.82, 2.24) is 30.2 Å². The third-order valence-electron chi connectivity index (χ3n) is 13.1. The molecule has 2 atom stereocenters. The number of aromatic amines is 1. The number of benzene rings is 4. The highest BCUT2D eigenvalue weighted by molar-refractivity contribution is 6.74. The Morgan fingerprint density at radius 2 is 1.77 bits per heavy atom. The molecular formula is C47H57N7O5Si. The number of phenols is 1. The summed E-state index contributed by atoms with van der Waals surface area (Å²) in [6.45, 7) is 15.8. The Kier molecular flexibility index (Phi) is 11.7. The number of nitrogens with one attached hydrogen (secondary N) is 2. The van der Waals surface area contributed by atoms with Gasteiger partial charge in [-0.25, -0.2) is 9.48 Å². The van der Waals surface area contributed by atoms with E-state index in [1.807, 2.05) is 28.9 Å². The molecule has 0 unspecified atom stereocenters. The second kappa shape index (κ2) is 17.0. The molecule has 4 aromatic carbocycles. The van der Waals surface area contributed by atoms with Crippen molar-refractivity contribution in [1.29, 1.82) is 0 Å². The summed E-state index contributed by atoms with van der Waals surface area (Å²) in [6, 6.07) is 29.4. The number of rotatable bonds is 14. The van der Waals surface area contributed by atoms with E-state index in [0.717, 1.165) is 95.2 Å². The fraction of sp³-hybridized carbons (Fsp3) is 0.404. The minimum absolute atomic E-state index is 0.0203. The molecule has 0 spiro atoms. The number of fused-ring (bicyclic) bond motifs is 5. The number of amides is 1. The Morgan fingerprint density at radius 3 is 2.48 bits per heavy atom. The van der Waals surface area contributed by atoms with Crippen LogP contribution in [0, 0.1) is 5.92 Å². The van der Waals surface area contributed by atoms with Gasteiger partial charge in [-0.05, 0) is 115 Å². The largest absolute Gasteiger partial charge is 0.506 e. The molecule has 13 heteroatoms. The van der Waals surface area contributed by atoms with Crippen LogP contribution in [-0.4, -0.2) is 81.7 Å². The van der Waals surface area contributed by atoms with E-state index in [9.17, 15) is 19.8 Å². The van der Waals surface area contributed by atoms with Gasteiger partial charge >= 0.3 is 6.09 Å². The van der Waals surface area contributed by atoms with Crippen LogP contribution in [0.15, 0.2) is 95.8 Å². The summed E-state index contributed by atoms with van der Waals surface area (Å²) >= 11 is 0. The van der Waals surface area contributed by atoms with Crippen molar-refractivity contribution >= 4 is 42.0 Å². The third-order valence-corrected chi connectivity index (χ3v) is 17.6. The number of phenolic OH excluding ortho intramolecular Hbond substituents is 1. The van der Waals surface area contributed by atoms with E-state index in [1.54, 1.807) is 17.0 Å². The molecule has 3 saturated heterocycles. The number of H-pyrrole nitrogens is 1. The first-order chi connectivity index (χ1) is 28.8. The SMILES string of the molecule is CC(C)(C)[Si](C)(C)O[C@H](CNCc1ccc2c(c1)nnn2CCCc1ccc(-c2ccccc2)c(N(C(=O)O)[C@H]2CN3CCC2CC3)c1)c1ccc(O)c2[nH]c(=O)ccc12. The van der Waals surface area contributed by atoms with Crippen LogP contribution < -0.4 is 15.8 Å². The van der Waals surface area contributed by atoms with Crippen LogP contribution in [0.1, 0.15) is 62.8 Å². The maximum absolute atomic E-state index is 13.0. The standard InChI is InChI=1S/C47H57N7O5Si/c1-47(2,3)60(4,5)59-43(36-16-19-42(55)45-37(36)17-20-44(56)49-45)29-48-28-32-14-18-39-38(26-32)50-51-53(39)23-9-10-31-13-15-35(33-11-7-6-8-12-33)40(27-31)54(46(57)58)41-30-52-24-21-34(41)22-25-52/h6-8,11-20,26-27,34,41,43,48,55H,9-10,21-25,28-30H2,1-5H3,(H,49,56)(H,57,58)/t41-,43+/m0/s1. The smallest absolute Gasteiger partial charge is 0.412 e. The van der Waals surface area contributed by atoms with E-state index in [4.69, 9.17) is 4.43 Å². The Labute approximate surface area is 352 Å². The fourth-order valence-electron chi connectivity index (χ4n) is 8.80. The number of aryl methyl sites for hydroxylation is 2. The number of hydrogen-bond donors (Lipinski definition) is 4. The lowest BCUT2D eigenvalue weighted by atomic mass is 9.82. The number of pyridine rings is 1. The first kappa shape index (κ1) is 41.4. The van der Waals surface area contributed by atoms with Crippen molar-refractivity contribution in [2.75, 3.05) is 31.1 Å². The van der Waals surface area contributed by atoms with Gasteiger partial charge < -0.3 is 29.8 Å². The Bertz CT molecular complexity index is 2540. The lowest BCUT2D eigenvalue weighted by Gasteiger charge is -2.48. The predicted octanol–water partition coefficient (Wildman–Crippen LogP) is 8.71. The molecule has 1 amide bonds. The van der Waals surface area contributed by atoms with Gasteiger partial charge in [-0.1, -0.05) is 80.6 Å². The monoisotopic (exact) mass is 827 g/mol. The zero-order valence-electron chi connectivity index (χ0n) is 35.3. The van der Waals surface area contributed by atoms with Gasteiger partial charge in [0.15, 0.2) is 8.32 Å². The number of carbonyl (C=O) groups is 1. The molecule has 5 heterocycles. The van der Waals surface area contributed by atoms with Gasteiger partial charge in [0, 0.05) is 43.2 Å². The summed E-state index contributed by atoms with van der Waals surface area (Å²) in [5.41, 5.74) is 7.71. The van der Waals surface area contributed by atoms with Crippen LogP contribution in [0.25, 0.3) is 33.1 Å². The van der Waals surface area contributed by atoms with Crippen LogP contribution >= 0.6 is 0 Å². The highest BCUT2D eigenvalue weighted by Crippen LogP contribution is 2.42. The normalized spacial score (nSPS) is 18.6. The van der Waals surface area contributed by atoms with Crippen molar-refractivity contribution in [2.24, 2.45) is 5.92 Å². The number of piperidine rings is 3. The number of hydrogen-bond acceptors (Lipinski definition) is 8. The number of carboxylic acid groups (broad SMARTS) is 1. The van der Waals surface area contributed by atoms with Crippen LogP contribution in [-0.2, 0) is 23.9 Å². The average Bonchev–Trinajstić information content (AvgIpc) is 3.63. The molecule has 12 nitrogen and oxygen atoms in total. The van der Waals surface area contributed by atoms with Crippen molar-refractivity contribution in [3.8, 4) is 16.9 Å². The molecule has 314 valence electrons. The van der Waals surface area contributed by atoms with Crippen LogP contribution in [0.2, 0.25) is 18.1 Å². The molecule has 3 aliphatic rings. The van der Waals surface area contributed by atoms with E-state index >= 15 is 0 Å². The highest BCUT2D eigenvalue weighted by Gasteiger charge is 2.41. The number of aromatic hydroxyl groups is 1. The van der Waals surface area contributed by atoms with E-state index in [1.165, 1.54) is 6.07 Å². The van der Waals surface area contributed by atoms with Crippen molar-refractivity contribution in [3.05, 3.63) is 118 Å². The van der Waals surface area contributed by atoms with Gasteiger partial charge in [0.1, 0.15) is 11.3 Å². The zero-order valence-corrected chi connectivity index (χ0v) is 36.3. The van der Waals surface area contributed by atoms with Gasteiger partial charge in [0.2, 0.25) is 5.56 Å². The minimum atomic E-state index is -2.22. The van der Waals surface area contributed by atoms with E-state index in [-0.39, 0.29) is 28.5 Å². The molecule has 2 bridgehead atoms. The second-order valence-corrected chi connectivity index (χ2v) is 22.9. The van der Waals surface area contributed by atoms with E-state index in [0.29, 0.717) is 31.1 Å². The first-order valence-electron chi connectivity index (χ1n) is 21.2. The predicted molar refractivity (Wildman–Crippen MR) is 240 cm³/mol. The number of aromatic nitrogens is 4. The van der Waals surface area contributed by atoms with E-state index in [2.05, 4.69) is 108 Å². The summed E-state index contributed by atoms with van der Waals surface area (Å²) in [5.74, 6) is 0.397. The zero-order chi connectivity index (χ0) is 42.2. The Morgan fingerprint density at radius 1 is 1.00 bits per heavy atom. The van der Waals surface area contributed by atoms with E-state index < -0.39 is 14.4 Å². The summed E-state index contributed by atoms with van der Waals surface area (Å²) in [4.78, 5) is 32.1. The van der Waals surface area contributed by atoms with Gasteiger partial charge in [-0.15, -0.1) is 5.10 Å². The molecule has 4 N–H and O–H groups in total. The van der Waals surface area contributed by atoms with Gasteiger partial charge in [-0.3, -0.25) is 9.69 Å². The Balaban J connectivity index is 0.956. The summed E-state index contributed by atoms with van der Waals surface area (Å²) in [7, 11) is -2.22. The number of nitrogens with zero attached hydrogens (tertiary/aromatic N) is 5. The maximum atomic E-state index is 13.0. The van der Waals surface area contributed by atoms with Crippen molar-refractivity contribution in [2.45, 2.75) is 89.8 Å². The van der Waals surface area contributed by atoms with Crippen LogP contribution in [0.4, 0.5) is 10.5 Å². The molecule has 0 aliphatic carbocycles. The second-order valence-electron chi connectivity index (χ2n) is 18.1. The van der Waals surface area contributed by atoms with Crippen molar-refractivity contribution in [3.63, 3.8) is 0 Å². The van der Waals surface area contributed by atoms with Gasteiger partial charge in [0.25, 0.3) is 0 Å². The molecule has 60 heavy (non-hydrogen) atoms. The topological polar surface area (TPSA) is 149 Å². The molecule has 3 fully saturated rings. The van der Waals surface area contributed by atoms with Gasteiger partial charge in [0.05, 0.1) is 28.9 Å². The van der Waals surface area contributed by atoms with Crippen molar-refractivity contribution < 1.29 is 19.4 Å². The quantitative estimate of drug-likeness (QED) is 0.0792. The summed E-state index contributed by atoms with van der Waals surface area (Å²) in [6.07, 6.45) is 2.44. The molecule has 2 aromatic heterocycles. The van der Waals surface area contributed by atoms with Crippen LogP contribution in [0.3, 0.4) is 0 Å². The molecule has 0 saturated carbocycles. The molecular weight excluding hydrogens is 771 g/mol. The third kappa shape index (κ3) is 8.62. The average molecular weight is 828 g/mol. The molecule has 6 aromatic rings. The fourth-order valence-corrected chi connectivity index (χ4v) is 10.1. The summed E-state index contributed by atoms with van der Waals surface area (Å²) in [5, 5.41) is 34.7.